The molecule has 4 N–H and O–H groups in total. The fourth-order valence-electron chi connectivity index (χ4n) is 4.29. The molecule has 2 aromatic heterocycles. The number of nitrogens with zero attached hydrogens (tertiary/aromatic N) is 1. The summed E-state index contributed by atoms with van der Waals surface area (Å²) in [5.74, 6) is 0.207. The van der Waals surface area contributed by atoms with E-state index in [1.807, 2.05) is 29.6 Å². The summed E-state index contributed by atoms with van der Waals surface area (Å²) in [7, 11) is 1.58. The van der Waals surface area contributed by atoms with Crippen molar-refractivity contribution in [3.8, 4) is 5.75 Å². The number of H-pyrrole nitrogens is 1. The number of carbonyl (C=O) groups excluding carboxylic acids is 2. The van der Waals surface area contributed by atoms with E-state index >= 15 is 0 Å². The van der Waals surface area contributed by atoms with E-state index in [0.717, 1.165) is 24.0 Å². The van der Waals surface area contributed by atoms with E-state index < -0.39 is 5.91 Å². The summed E-state index contributed by atoms with van der Waals surface area (Å²) in [6.07, 6.45) is 2.37. The van der Waals surface area contributed by atoms with Gasteiger partial charge >= 0.3 is 0 Å². The average Bonchev–Trinajstić information content (AvgIpc) is 3.50. The van der Waals surface area contributed by atoms with Crippen LogP contribution in [0.5, 0.6) is 5.75 Å². The Hall–Kier alpha value is -3.28. The van der Waals surface area contributed by atoms with Crippen LogP contribution in [0.2, 0.25) is 0 Å². The summed E-state index contributed by atoms with van der Waals surface area (Å²) in [6, 6.07) is 7.34. The second-order valence-electron chi connectivity index (χ2n) is 8.48. The van der Waals surface area contributed by atoms with Gasteiger partial charge in [-0.1, -0.05) is 12.1 Å². The monoisotopic (exact) mass is 500 g/mol. The van der Waals surface area contributed by atoms with Crippen molar-refractivity contribution in [1.82, 2.24) is 20.6 Å². The number of thiophene rings is 1. The molecule has 186 valence electrons. The molecule has 10 nitrogen and oxygen atoms in total. The van der Waals surface area contributed by atoms with Gasteiger partial charge < -0.3 is 30.2 Å². The molecule has 1 aromatic carbocycles. The summed E-state index contributed by atoms with van der Waals surface area (Å²) in [6.45, 7) is 0.646. The highest BCUT2D eigenvalue weighted by molar-refractivity contribution is 7.16. The van der Waals surface area contributed by atoms with Gasteiger partial charge in [-0.25, -0.2) is 4.98 Å². The predicted octanol–water partition coefficient (Wildman–Crippen LogP) is 1.92. The summed E-state index contributed by atoms with van der Waals surface area (Å²) >= 11 is 1.29. The van der Waals surface area contributed by atoms with Gasteiger partial charge in [0.15, 0.2) is 0 Å². The standard InChI is InChI=1S/C24H28N4O6S/c1-33-18-4-2-3-14(8-18)9-25-23(32)20-27-22(31)19-17(12-35-24(19)28-20)11-34-10-15-5-6-16(7-15)21(30)26-13-29/h2-4,8,12,15-16,29H,5-7,9-11,13H2,1H3,(H,25,32)(H,26,30)(H,27,28,31). The lowest BCUT2D eigenvalue weighted by molar-refractivity contribution is -0.126. The van der Waals surface area contributed by atoms with Crippen LogP contribution in [0, 0.1) is 11.8 Å². The van der Waals surface area contributed by atoms with Gasteiger partial charge in [-0.05, 0) is 48.3 Å². The van der Waals surface area contributed by atoms with Gasteiger partial charge in [-0.2, -0.15) is 0 Å². The van der Waals surface area contributed by atoms with Gasteiger partial charge in [0.05, 0.1) is 19.1 Å². The number of hydrogen-bond acceptors (Lipinski definition) is 8. The Morgan fingerprint density at radius 2 is 2.14 bits per heavy atom. The molecule has 3 aromatic rings. The minimum absolute atomic E-state index is 0.0436. The van der Waals surface area contributed by atoms with Gasteiger partial charge in [-0.15, -0.1) is 11.3 Å². The number of ether oxygens (including phenoxy) is 2. The Kier molecular flexibility index (Phi) is 8.11. The number of benzene rings is 1. The van der Waals surface area contributed by atoms with Gasteiger partial charge in [0.25, 0.3) is 11.5 Å². The zero-order chi connectivity index (χ0) is 24.8. The van der Waals surface area contributed by atoms with Crippen molar-refractivity contribution >= 4 is 33.4 Å². The van der Waals surface area contributed by atoms with Crippen LogP contribution in [0.15, 0.2) is 34.4 Å². The molecule has 1 fully saturated rings. The summed E-state index contributed by atoms with van der Waals surface area (Å²) in [5, 5.41) is 16.3. The summed E-state index contributed by atoms with van der Waals surface area (Å²) in [5.41, 5.74) is 1.19. The Morgan fingerprint density at radius 3 is 2.94 bits per heavy atom. The molecule has 0 aliphatic heterocycles. The average molecular weight is 501 g/mol. The Bertz CT molecular complexity index is 1260. The van der Waals surface area contributed by atoms with Crippen LogP contribution in [-0.4, -0.2) is 47.3 Å². The fourth-order valence-corrected chi connectivity index (χ4v) is 5.22. The zero-order valence-corrected chi connectivity index (χ0v) is 20.2. The second-order valence-corrected chi connectivity index (χ2v) is 9.34. The number of aliphatic hydroxyl groups excluding tert-OH is 1. The first kappa shape index (κ1) is 24.8. The van der Waals surface area contributed by atoms with Crippen LogP contribution in [0.3, 0.4) is 0 Å². The van der Waals surface area contributed by atoms with Crippen LogP contribution in [-0.2, 0) is 22.7 Å². The number of methoxy groups -OCH3 is 1. The molecule has 0 bridgehead atoms. The molecule has 0 spiro atoms. The molecule has 2 amide bonds. The third kappa shape index (κ3) is 6.05. The smallest absolute Gasteiger partial charge is 0.287 e. The fraction of sp³-hybridized carbons (Fsp3) is 0.417. The van der Waals surface area contributed by atoms with Crippen molar-refractivity contribution in [3.05, 3.63) is 57.0 Å². The van der Waals surface area contributed by atoms with Crippen LogP contribution in [0.4, 0.5) is 0 Å². The van der Waals surface area contributed by atoms with Crippen LogP contribution in [0.25, 0.3) is 10.2 Å². The largest absolute Gasteiger partial charge is 0.497 e. The normalized spacial score (nSPS) is 17.4. The van der Waals surface area contributed by atoms with Crippen LogP contribution in [0.1, 0.15) is 41.0 Å². The minimum atomic E-state index is -0.473. The van der Waals surface area contributed by atoms with Crippen molar-refractivity contribution in [2.75, 3.05) is 20.4 Å². The first-order valence-corrected chi connectivity index (χ1v) is 12.2. The molecule has 1 aliphatic rings. The van der Waals surface area contributed by atoms with E-state index in [-0.39, 0.29) is 49.0 Å². The highest BCUT2D eigenvalue weighted by Gasteiger charge is 2.29. The number of nitrogens with one attached hydrogen (secondary N) is 3. The number of aromatic amines is 1. The number of hydrogen-bond donors (Lipinski definition) is 4. The van der Waals surface area contributed by atoms with Crippen molar-refractivity contribution < 1.29 is 24.2 Å². The third-order valence-electron chi connectivity index (χ3n) is 6.10. The quantitative estimate of drug-likeness (QED) is 0.312. The van der Waals surface area contributed by atoms with E-state index in [0.29, 0.717) is 29.0 Å². The lowest BCUT2D eigenvalue weighted by Gasteiger charge is -2.11. The molecule has 35 heavy (non-hydrogen) atoms. The van der Waals surface area contributed by atoms with E-state index in [4.69, 9.17) is 14.6 Å². The first-order chi connectivity index (χ1) is 17.0. The molecule has 11 heteroatoms. The molecule has 0 radical (unpaired) electrons. The molecule has 1 aliphatic carbocycles. The summed E-state index contributed by atoms with van der Waals surface area (Å²) in [4.78, 5) is 44.6. The van der Waals surface area contributed by atoms with Crippen LogP contribution >= 0.6 is 11.3 Å². The molecular weight excluding hydrogens is 472 g/mol. The Labute approximate surface area is 205 Å². The van der Waals surface area contributed by atoms with E-state index in [1.54, 1.807) is 7.11 Å². The number of rotatable bonds is 10. The molecule has 2 heterocycles. The van der Waals surface area contributed by atoms with Gasteiger partial charge in [0.2, 0.25) is 11.7 Å². The topological polar surface area (TPSA) is 143 Å². The Balaban J connectivity index is 1.34. The first-order valence-electron chi connectivity index (χ1n) is 11.4. The maximum atomic E-state index is 12.7. The molecule has 4 rings (SSSR count). The Morgan fingerprint density at radius 1 is 1.29 bits per heavy atom. The van der Waals surface area contributed by atoms with Crippen molar-refractivity contribution in [2.45, 2.75) is 32.4 Å². The van der Waals surface area contributed by atoms with E-state index in [2.05, 4.69) is 20.6 Å². The number of amides is 2. The lowest BCUT2D eigenvalue weighted by atomic mass is 10.1. The van der Waals surface area contributed by atoms with Gasteiger partial charge in [0.1, 0.15) is 17.3 Å². The molecule has 2 atom stereocenters. The maximum Gasteiger partial charge on any atom is 0.287 e. The maximum absolute atomic E-state index is 12.7. The second kappa shape index (κ2) is 11.4. The molecule has 0 saturated heterocycles. The number of fused-ring (bicyclic) bond motifs is 1. The molecule has 1 saturated carbocycles. The van der Waals surface area contributed by atoms with Crippen molar-refractivity contribution in [1.29, 1.82) is 0 Å². The van der Waals surface area contributed by atoms with Gasteiger partial charge in [-0.3, -0.25) is 14.4 Å². The number of aromatic nitrogens is 2. The van der Waals surface area contributed by atoms with Crippen molar-refractivity contribution in [3.63, 3.8) is 0 Å². The van der Waals surface area contributed by atoms with E-state index in [1.165, 1.54) is 11.3 Å². The molecule has 2 unspecified atom stereocenters. The third-order valence-corrected chi connectivity index (χ3v) is 7.02. The predicted molar refractivity (Wildman–Crippen MR) is 130 cm³/mol. The molecular formula is C24H28N4O6S. The SMILES string of the molecule is COc1cccc(CNC(=O)c2nc3scc(COCC4CCC(C(=O)NCO)C4)c3c(=O)[nH]2)c1. The number of carbonyl (C=O) groups is 2. The lowest BCUT2D eigenvalue weighted by Crippen LogP contribution is -2.30. The highest BCUT2D eigenvalue weighted by Crippen LogP contribution is 2.31. The van der Waals surface area contributed by atoms with Crippen LogP contribution < -0.4 is 20.9 Å². The number of aliphatic hydroxyl groups is 1. The van der Waals surface area contributed by atoms with E-state index in [9.17, 15) is 14.4 Å². The van der Waals surface area contributed by atoms with Gasteiger partial charge in [0, 0.05) is 24.6 Å². The highest BCUT2D eigenvalue weighted by atomic mass is 32.1. The summed E-state index contributed by atoms with van der Waals surface area (Å²) < 4.78 is 11.0. The zero-order valence-electron chi connectivity index (χ0n) is 19.3. The van der Waals surface area contributed by atoms with Crippen molar-refractivity contribution in [2.24, 2.45) is 11.8 Å². The minimum Gasteiger partial charge on any atom is -0.497 e.